The van der Waals surface area contributed by atoms with Crippen molar-refractivity contribution in [2.75, 3.05) is 19.6 Å². The van der Waals surface area contributed by atoms with E-state index in [-0.39, 0.29) is 24.3 Å². The number of halogens is 3. The zero-order chi connectivity index (χ0) is 17.9. The molecular weight excluding hydrogens is 390 g/mol. The quantitative estimate of drug-likeness (QED) is 0.704. The Balaban J connectivity index is 0.00000210. The molecule has 0 spiro atoms. The predicted molar refractivity (Wildman–Crippen MR) is 104 cm³/mol. The van der Waals surface area contributed by atoms with Gasteiger partial charge in [-0.05, 0) is 42.0 Å². The Labute approximate surface area is 167 Å². The van der Waals surface area contributed by atoms with Gasteiger partial charge in [-0.2, -0.15) is 4.98 Å². The van der Waals surface area contributed by atoms with Crippen molar-refractivity contribution in [3.63, 3.8) is 0 Å². The van der Waals surface area contributed by atoms with E-state index in [1.165, 1.54) is 6.07 Å². The summed E-state index contributed by atoms with van der Waals surface area (Å²) in [6.45, 7) is 2.95. The minimum atomic E-state index is -0.226. The van der Waals surface area contributed by atoms with Crippen LogP contribution in [0.4, 0.5) is 4.39 Å². The largest absolute Gasteiger partial charge is 0.338 e. The highest BCUT2D eigenvalue weighted by atomic mass is 35.5. The third kappa shape index (κ3) is 4.65. The summed E-state index contributed by atoms with van der Waals surface area (Å²) in [7, 11) is 0. The van der Waals surface area contributed by atoms with Crippen molar-refractivity contribution < 1.29 is 8.91 Å². The predicted octanol–water partition coefficient (Wildman–Crippen LogP) is 4.10. The lowest BCUT2D eigenvalue weighted by Crippen LogP contribution is -2.45. The van der Waals surface area contributed by atoms with Gasteiger partial charge in [0.05, 0.1) is 6.54 Å². The molecule has 4 rings (SSSR count). The van der Waals surface area contributed by atoms with E-state index >= 15 is 0 Å². The van der Waals surface area contributed by atoms with E-state index < -0.39 is 0 Å². The highest BCUT2D eigenvalue weighted by molar-refractivity contribution is 6.30. The van der Waals surface area contributed by atoms with Gasteiger partial charge in [0, 0.05) is 36.3 Å². The summed E-state index contributed by atoms with van der Waals surface area (Å²) >= 11 is 5.92. The third-order valence-corrected chi connectivity index (χ3v) is 4.75. The van der Waals surface area contributed by atoms with Gasteiger partial charge < -0.3 is 9.84 Å². The van der Waals surface area contributed by atoms with Crippen LogP contribution in [0, 0.1) is 5.82 Å². The maximum atomic E-state index is 13.6. The molecule has 1 saturated heterocycles. The van der Waals surface area contributed by atoms with Crippen molar-refractivity contribution in [2.45, 2.75) is 12.6 Å². The summed E-state index contributed by atoms with van der Waals surface area (Å²) in [6.07, 6.45) is 0. The molecule has 1 aliphatic heterocycles. The standard InChI is InChI=1S/C19H18ClFN4O.ClH/c20-15-6-4-13(5-7-15)19-23-18(26-24-19)12-25-9-8-22-11-17(25)14-2-1-3-16(21)10-14;/h1-7,10,17,22H,8-9,11-12H2;1H. The van der Waals surface area contributed by atoms with Gasteiger partial charge in [-0.15, -0.1) is 12.4 Å². The molecule has 1 fully saturated rings. The molecular formula is C19H19Cl2FN4O. The Morgan fingerprint density at radius 3 is 2.81 bits per heavy atom. The van der Waals surface area contributed by atoms with Crippen molar-refractivity contribution in [1.29, 1.82) is 0 Å². The Bertz CT molecular complexity index is 887. The van der Waals surface area contributed by atoms with Crippen LogP contribution in [0.15, 0.2) is 53.1 Å². The molecule has 2 heterocycles. The number of hydrogen-bond acceptors (Lipinski definition) is 5. The summed E-state index contributed by atoms with van der Waals surface area (Å²) in [6, 6.07) is 14.1. The van der Waals surface area contributed by atoms with Crippen LogP contribution in [-0.2, 0) is 6.54 Å². The number of nitrogens with one attached hydrogen (secondary N) is 1. The van der Waals surface area contributed by atoms with E-state index in [1.54, 1.807) is 24.3 Å². The smallest absolute Gasteiger partial charge is 0.241 e. The van der Waals surface area contributed by atoms with Crippen LogP contribution >= 0.6 is 24.0 Å². The molecule has 1 unspecified atom stereocenters. The first kappa shape index (κ1) is 19.8. The summed E-state index contributed by atoms with van der Waals surface area (Å²) in [5, 5.41) is 8.09. The molecule has 0 amide bonds. The van der Waals surface area contributed by atoms with E-state index in [0.29, 0.717) is 23.3 Å². The Morgan fingerprint density at radius 1 is 1.22 bits per heavy atom. The number of nitrogens with zero attached hydrogens (tertiary/aromatic N) is 3. The molecule has 0 bridgehead atoms. The number of aromatic nitrogens is 2. The van der Waals surface area contributed by atoms with Crippen molar-refractivity contribution in [1.82, 2.24) is 20.4 Å². The highest BCUT2D eigenvalue weighted by Gasteiger charge is 2.26. The van der Waals surface area contributed by atoms with Crippen LogP contribution in [0.2, 0.25) is 5.02 Å². The van der Waals surface area contributed by atoms with Gasteiger partial charge in [0.2, 0.25) is 11.7 Å². The molecule has 1 aromatic heterocycles. The lowest BCUT2D eigenvalue weighted by molar-refractivity contribution is 0.135. The molecule has 0 aliphatic carbocycles. The Morgan fingerprint density at radius 2 is 2.04 bits per heavy atom. The molecule has 0 saturated carbocycles. The molecule has 1 N–H and O–H groups in total. The van der Waals surface area contributed by atoms with E-state index in [0.717, 1.165) is 30.8 Å². The fourth-order valence-corrected chi connectivity index (χ4v) is 3.31. The first-order chi connectivity index (χ1) is 12.7. The minimum absolute atomic E-state index is 0. The second-order valence-electron chi connectivity index (χ2n) is 6.26. The summed E-state index contributed by atoms with van der Waals surface area (Å²) in [4.78, 5) is 6.72. The zero-order valence-electron chi connectivity index (χ0n) is 14.4. The monoisotopic (exact) mass is 408 g/mol. The van der Waals surface area contributed by atoms with Gasteiger partial charge in [0.25, 0.3) is 0 Å². The fraction of sp³-hybridized carbons (Fsp3) is 0.263. The van der Waals surface area contributed by atoms with Gasteiger partial charge in [-0.25, -0.2) is 4.39 Å². The molecule has 2 aromatic carbocycles. The fourth-order valence-electron chi connectivity index (χ4n) is 3.19. The van der Waals surface area contributed by atoms with Crippen LogP contribution in [0.5, 0.6) is 0 Å². The highest BCUT2D eigenvalue weighted by Crippen LogP contribution is 2.25. The molecule has 27 heavy (non-hydrogen) atoms. The van der Waals surface area contributed by atoms with Crippen LogP contribution in [0.25, 0.3) is 11.4 Å². The second kappa shape index (κ2) is 8.80. The average molecular weight is 409 g/mol. The third-order valence-electron chi connectivity index (χ3n) is 4.50. The van der Waals surface area contributed by atoms with E-state index in [2.05, 4.69) is 20.4 Å². The number of benzene rings is 2. The Hall–Kier alpha value is -1.99. The van der Waals surface area contributed by atoms with Gasteiger partial charge in [-0.3, -0.25) is 4.90 Å². The summed E-state index contributed by atoms with van der Waals surface area (Å²) in [5.41, 5.74) is 1.79. The molecule has 3 aromatic rings. The van der Waals surface area contributed by atoms with Gasteiger partial charge in [0.15, 0.2) is 0 Å². The van der Waals surface area contributed by atoms with Crippen molar-refractivity contribution in [2.24, 2.45) is 0 Å². The summed E-state index contributed by atoms with van der Waals surface area (Å²) < 4.78 is 19.0. The Kier molecular flexibility index (Phi) is 6.44. The van der Waals surface area contributed by atoms with E-state index in [1.807, 2.05) is 18.2 Å². The molecule has 5 nitrogen and oxygen atoms in total. The molecule has 1 aliphatic rings. The topological polar surface area (TPSA) is 54.2 Å². The van der Waals surface area contributed by atoms with E-state index in [9.17, 15) is 4.39 Å². The molecule has 1 atom stereocenters. The van der Waals surface area contributed by atoms with Gasteiger partial charge in [0.1, 0.15) is 5.82 Å². The first-order valence-electron chi connectivity index (χ1n) is 8.48. The number of rotatable bonds is 4. The SMILES string of the molecule is Cl.Fc1cccc(C2CNCCN2Cc2nc(-c3ccc(Cl)cc3)no2)c1. The lowest BCUT2D eigenvalue weighted by atomic mass is 10.0. The van der Waals surface area contributed by atoms with Crippen molar-refractivity contribution >= 4 is 24.0 Å². The normalized spacial score (nSPS) is 17.5. The molecule has 0 radical (unpaired) electrons. The van der Waals surface area contributed by atoms with Crippen LogP contribution in [0.3, 0.4) is 0 Å². The summed E-state index contributed by atoms with van der Waals surface area (Å²) in [5.74, 6) is 0.850. The molecule has 8 heteroatoms. The van der Waals surface area contributed by atoms with Crippen molar-refractivity contribution in [3.8, 4) is 11.4 Å². The average Bonchev–Trinajstić information content (AvgIpc) is 3.11. The maximum absolute atomic E-state index is 13.6. The van der Waals surface area contributed by atoms with Crippen LogP contribution < -0.4 is 5.32 Å². The zero-order valence-corrected chi connectivity index (χ0v) is 16.0. The number of hydrogen-bond donors (Lipinski definition) is 1. The minimum Gasteiger partial charge on any atom is -0.338 e. The van der Waals surface area contributed by atoms with Crippen LogP contribution in [-0.4, -0.2) is 34.7 Å². The first-order valence-corrected chi connectivity index (χ1v) is 8.85. The lowest BCUT2D eigenvalue weighted by Gasteiger charge is -2.35. The number of piperazine rings is 1. The van der Waals surface area contributed by atoms with Gasteiger partial charge in [-0.1, -0.05) is 28.9 Å². The second-order valence-corrected chi connectivity index (χ2v) is 6.70. The van der Waals surface area contributed by atoms with Crippen molar-refractivity contribution in [3.05, 3.63) is 70.8 Å². The maximum Gasteiger partial charge on any atom is 0.241 e. The van der Waals surface area contributed by atoms with Crippen LogP contribution in [0.1, 0.15) is 17.5 Å². The van der Waals surface area contributed by atoms with Gasteiger partial charge >= 0.3 is 0 Å². The molecule has 142 valence electrons. The van der Waals surface area contributed by atoms with E-state index in [4.69, 9.17) is 16.1 Å².